The summed E-state index contributed by atoms with van der Waals surface area (Å²) in [5.74, 6) is -1.03. The molecule has 3 aromatic rings. The number of nitrogens with one attached hydrogen (secondary N) is 2. The van der Waals surface area contributed by atoms with Crippen molar-refractivity contribution in [2.75, 3.05) is 14.9 Å². The van der Waals surface area contributed by atoms with E-state index in [2.05, 4.69) is 10.6 Å². The van der Waals surface area contributed by atoms with Crippen molar-refractivity contribution in [1.82, 2.24) is 0 Å². The molecule has 0 bridgehead atoms. The number of hydrogen-bond donors (Lipinski definition) is 2. The second kappa shape index (κ2) is 8.67. The van der Waals surface area contributed by atoms with E-state index in [-0.39, 0.29) is 22.8 Å². The number of sulfonamides is 1. The van der Waals surface area contributed by atoms with Crippen molar-refractivity contribution in [3.63, 3.8) is 0 Å². The quantitative estimate of drug-likeness (QED) is 0.589. The van der Waals surface area contributed by atoms with Crippen LogP contribution in [-0.2, 0) is 21.2 Å². The SMILES string of the molecule is CC(=O)Nc1ccc(NC(=O)c2ccc3c(c2)C[C@@H](C)N3S(=O)(=O)c2ccc(F)cc2)cc1. The zero-order valence-corrected chi connectivity index (χ0v) is 18.8. The average molecular weight is 468 g/mol. The van der Waals surface area contributed by atoms with Gasteiger partial charge in [-0.3, -0.25) is 13.9 Å². The lowest BCUT2D eigenvalue weighted by Crippen LogP contribution is -2.35. The predicted molar refractivity (Wildman–Crippen MR) is 124 cm³/mol. The maximum absolute atomic E-state index is 13.3. The number of carbonyl (C=O) groups excluding carboxylic acids is 2. The van der Waals surface area contributed by atoms with Gasteiger partial charge < -0.3 is 10.6 Å². The van der Waals surface area contributed by atoms with Crippen molar-refractivity contribution in [3.8, 4) is 0 Å². The van der Waals surface area contributed by atoms with E-state index in [1.54, 1.807) is 49.4 Å². The first-order chi connectivity index (χ1) is 15.6. The van der Waals surface area contributed by atoms with E-state index in [0.29, 0.717) is 29.0 Å². The van der Waals surface area contributed by atoms with Gasteiger partial charge in [-0.1, -0.05) is 0 Å². The highest BCUT2D eigenvalue weighted by Gasteiger charge is 2.36. The molecule has 7 nitrogen and oxygen atoms in total. The normalized spacial score (nSPS) is 15.1. The highest BCUT2D eigenvalue weighted by Crippen LogP contribution is 2.37. The van der Waals surface area contributed by atoms with Crippen molar-refractivity contribution in [2.45, 2.75) is 31.2 Å². The smallest absolute Gasteiger partial charge is 0.264 e. The number of fused-ring (bicyclic) bond motifs is 1. The maximum Gasteiger partial charge on any atom is 0.264 e. The second-order valence-corrected chi connectivity index (χ2v) is 9.68. The van der Waals surface area contributed by atoms with Crippen LogP contribution in [0.25, 0.3) is 0 Å². The molecule has 1 aliphatic rings. The molecular formula is C24H22FN3O4S. The van der Waals surface area contributed by atoms with E-state index in [9.17, 15) is 22.4 Å². The Balaban J connectivity index is 1.55. The molecule has 33 heavy (non-hydrogen) atoms. The number of rotatable bonds is 5. The Labute approximate surface area is 191 Å². The fourth-order valence-electron chi connectivity index (χ4n) is 3.87. The van der Waals surface area contributed by atoms with E-state index in [1.165, 1.54) is 23.4 Å². The summed E-state index contributed by atoms with van der Waals surface area (Å²) in [6.45, 7) is 3.20. The van der Waals surface area contributed by atoms with Gasteiger partial charge >= 0.3 is 0 Å². The molecule has 1 heterocycles. The highest BCUT2D eigenvalue weighted by atomic mass is 32.2. The Morgan fingerprint density at radius 2 is 1.55 bits per heavy atom. The summed E-state index contributed by atoms with van der Waals surface area (Å²) in [5, 5.41) is 5.45. The van der Waals surface area contributed by atoms with Crippen LogP contribution in [0.1, 0.15) is 29.8 Å². The Morgan fingerprint density at radius 3 is 2.15 bits per heavy atom. The molecular weight excluding hydrogens is 445 g/mol. The van der Waals surface area contributed by atoms with Gasteiger partial charge in [-0.15, -0.1) is 0 Å². The van der Waals surface area contributed by atoms with Gasteiger partial charge in [0.1, 0.15) is 5.82 Å². The molecule has 0 radical (unpaired) electrons. The van der Waals surface area contributed by atoms with E-state index in [0.717, 1.165) is 17.7 Å². The Kier molecular flexibility index (Phi) is 5.90. The standard InChI is InChI=1S/C24H22FN3O4S/c1-15-13-18-14-17(24(30)27-21-8-6-20(7-9-21)26-16(2)29)3-12-23(18)28(15)33(31,32)22-10-4-19(25)5-11-22/h3-12,14-15H,13H2,1-2H3,(H,26,29)(H,27,30)/t15-/m1/s1. The number of halogens is 1. The predicted octanol–water partition coefficient (Wildman–Crippen LogP) is 4.18. The molecule has 2 amide bonds. The Hall–Kier alpha value is -3.72. The summed E-state index contributed by atoms with van der Waals surface area (Å²) in [4.78, 5) is 23.9. The molecule has 9 heteroatoms. The van der Waals surface area contributed by atoms with Gasteiger partial charge in [0.25, 0.3) is 15.9 Å². The summed E-state index contributed by atoms with van der Waals surface area (Å²) < 4.78 is 40.9. The molecule has 0 unspecified atom stereocenters. The van der Waals surface area contributed by atoms with E-state index < -0.39 is 15.8 Å². The summed E-state index contributed by atoms with van der Waals surface area (Å²) in [7, 11) is -3.88. The van der Waals surface area contributed by atoms with Crippen LogP contribution in [0.15, 0.2) is 71.6 Å². The molecule has 0 spiro atoms. The first-order valence-corrected chi connectivity index (χ1v) is 11.7. The minimum absolute atomic E-state index is 0.00753. The van der Waals surface area contributed by atoms with Crippen LogP contribution in [-0.4, -0.2) is 26.3 Å². The van der Waals surface area contributed by atoms with Crippen molar-refractivity contribution < 1.29 is 22.4 Å². The molecule has 1 atom stereocenters. The number of hydrogen-bond acceptors (Lipinski definition) is 4. The summed E-state index contributed by atoms with van der Waals surface area (Å²) in [6.07, 6.45) is 0.447. The molecule has 3 aromatic carbocycles. The summed E-state index contributed by atoms with van der Waals surface area (Å²) in [5.41, 5.74) is 2.82. The number of benzene rings is 3. The lowest BCUT2D eigenvalue weighted by atomic mass is 10.1. The van der Waals surface area contributed by atoms with Gasteiger partial charge in [0.15, 0.2) is 0 Å². The monoisotopic (exact) mass is 467 g/mol. The van der Waals surface area contributed by atoms with E-state index in [4.69, 9.17) is 0 Å². The molecule has 2 N–H and O–H groups in total. The third-order valence-electron chi connectivity index (χ3n) is 5.33. The molecule has 0 fully saturated rings. The molecule has 170 valence electrons. The summed E-state index contributed by atoms with van der Waals surface area (Å²) in [6, 6.07) is 16.0. The zero-order valence-electron chi connectivity index (χ0n) is 18.0. The van der Waals surface area contributed by atoms with Gasteiger partial charge in [-0.25, -0.2) is 12.8 Å². The van der Waals surface area contributed by atoms with E-state index >= 15 is 0 Å². The van der Waals surface area contributed by atoms with Crippen LogP contribution in [0.5, 0.6) is 0 Å². The van der Waals surface area contributed by atoms with Crippen LogP contribution < -0.4 is 14.9 Å². The van der Waals surface area contributed by atoms with Crippen LogP contribution in [0, 0.1) is 5.82 Å². The number of nitrogens with zero attached hydrogens (tertiary/aromatic N) is 1. The second-order valence-electron chi connectivity index (χ2n) is 7.86. The van der Waals surface area contributed by atoms with Crippen molar-refractivity contribution in [1.29, 1.82) is 0 Å². The largest absolute Gasteiger partial charge is 0.326 e. The fraction of sp³-hybridized carbons (Fsp3) is 0.167. The minimum Gasteiger partial charge on any atom is -0.326 e. The fourth-order valence-corrected chi connectivity index (χ4v) is 5.57. The van der Waals surface area contributed by atoms with Crippen molar-refractivity contribution in [3.05, 3.63) is 83.7 Å². The molecule has 0 aromatic heterocycles. The molecule has 0 aliphatic carbocycles. The molecule has 4 rings (SSSR count). The van der Waals surface area contributed by atoms with Crippen LogP contribution in [0.4, 0.5) is 21.5 Å². The molecule has 1 aliphatic heterocycles. The third-order valence-corrected chi connectivity index (χ3v) is 7.27. The lowest BCUT2D eigenvalue weighted by molar-refractivity contribution is -0.114. The Bertz CT molecular complexity index is 1320. The first kappa shape index (κ1) is 22.5. The first-order valence-electron chi connectivity index (χ1n) is 10.3. The van der Waals surface area contributed by atoms with Gasteiger partial charge in [-0.2, -0.15) is 0 Å². The van der Waals surface area contributed by atoms with Crippen LogP contribution in [0.2, 0.25) is 0 Å². The van der Waals surface area contributed by atoms with Gasteiger partial charge in [0, 0.05) is 29.9 Å². The number of anilines is 3. The third kappa shape index (κ3) is 4.58. The topological polar surface area (TPSA) is 95.6 Å². The number of carbonyl (C=O) groups is 2. The molecule has 0 saturated carbocycles. The van der Waals surface area contributed by atoms with Crippen molar-refractivity contribution >= 4 is 38.9 Å². The highest BCUT2D eigenvalue weighted by molar-refractivity contribution is 7.92. The van der Waals surface area contributed by atoms with Crippen LogP contribution >= 0.6 is 0 Å². The van der Waals surface area contributed by atoms with Crippen LogP contribution in [0.3, 0.4) is 0 Å². The maximum atomic E-state index is 13.3. The molecule has 0 saturated heterocycles. The van der Waals surface area contributed by atoms with Gasteiger partial charge in [0.05, 0.1) is 10.6 Å². The zero-order chi connectivity index (χ0) is 23.8. The lowest BCUT2D eigenvalue weighted by Gasteiger charge is -2.24. The average Bonchev–Trinajstić information content (AvgIpc) is 3.10. The van der Waals surface area contributed by atoms with Gasteiger partial charge in [0.2, 0.25) is 5.91 Å². The van der Waals surface area contributed by atoms with Gasteiger partial charge in [-0.05, 0) is 85.6 Å². The number of amides is 2. The van der Waals surface area contributed by atoms with E-state index in [1.807, 2.05) is 0 Å². The Morgan fingerprint density at radius 1 is 0.939 bits per heavy atom. The minimum atomic E-state index is -3.88. The van der Waals surface area contributed by atoms with Crippen molar-refractivity contribution in [2.24, 2.45) is 0 Å². The summed E-state index contributed by atoms with van der Waals surface area (Å²) >= 11 is 0.